The van der Waals surface area contributed by atoms with E-state index in [1.54, 1.807) is 18.2 Å². The minimum Gasteiger partial charge on any atom is -0.486 e. The predicted octanol–water partition coefficient (Wildman–Crippen LogP) is 3.28. The summed E-state index contributed by atoms with van der Waals surface area (Å²) in [6.07, 6.45) is 0. The van der Waals surface area contributed by atoms with Gasteiger partial charge in [0.2, 0.25) is 0 Å². The van der Waals surface area contributed by atoms with Crippen LogP contribution in [-0.4, -0.2) is 16.1 Å². The molecule has 6 nitrogen and oxygen atoms in total. The average Bonchev–Trinajstić information content (AvgIpc) is 3.16. The van der Waals surface area contributed by atoms with Gasteiger partial charge in [-0.3, -0.25) is 9.89 Å². The van der Waals surface area contributed by atoms with Crippen LogP contribution in [0, 0.1) is 12.7 Å². The highest BCUT2D eigenvalue weighted by Gasteiger charge is 2.13. The van der Waals surface area contributed by atoms with E-state index in [0.717, 1.165) is 5.69 Å². The van der Waals surface area contributed by atoms with Crippen molar-refractivity contribution < 1.29 is 18.3 Å². The predicted molar refractivity (Wildman–Crippen MR) is 80.7 cm³/mol. The summed E-state index contributed by atoms with van der Waals surface area (Å²) in [5, 5.41) is 9.26. The van der Waals surface area contributed by atoms with Gasteiger partial charge >= 0.3 is 0 Å². The van der Waals surface area contributed by atoms with Gasteiger partial charge in [-0.25, -0.2) is 4.39 Å². The number of ether oxygens (including phenoxy) is 1. The Labute approximate surface area is 131 Å². The Bertz CT molecular complexity index is 808. The largest absolute Gasteiger partial charge is 0.486 e. The zero-order valence-corrected chi connectivity index (χ0v) is 12.3. The van der Waals surface area contributed by atoms with Crippen molar-refractivity contribution in [3.8, 4) is 5.75 Å². The lowest BCUT2D eigenvalue weighted by Crippen LogP contribution is -2.11. The number of amides is 1. The highest BCUT2D eigenvalue weighted by atomic mass is 19.1. The molecule has 0 aliphatic rings. The van der Waals surface area contributed by atoms with Crippen molar-refractivity contribution in [2.24, 2.45) is 0 Å². The molecule has 0 unspecified atom stereocenters. The van der Waals surface area contributed by atoms with E-state index in [9.17, 15) is 9.18 Å². The van der Waals surface area contributed by atoms with E-state index in [4.69, 9.17) is 9.15 Å². The number of benzene rings is 1. The molecule has 7 heteroatoms. The van der Waals surface area contributed by atoms with Gasteiger partial charge in [0.25, 0.3) is 5.91 Å². The number of H-pyrrole nitrogens is 1. The molecule has 0 radical (unpaired) electrons. The SMILES string of the molecule is Cc1cc(NC(=O)c2ccc(COc3ccc(F)cc3)o2)n[nH]1. The highest BCUT2D eigenvalue weighted by Crippen LogP contribution is 2.16. The number of aromatic nitrogens is 2. The molecule has 0 spiro atoms. The molecule has 2 N–H and O–H groups in total. The Hall–Kier alpha value is -3.09. The van der Waals surface area contributed by atoms with Gasteiger partial charge in [0.15, 0.2) is 11.6 Å². The summed E-state index contributed by atoms with van der Waals surface area (Å²) >= 11 is 0. The number of rotatable bonds is 5. The molecule has 1 aromatic carbocycles. The van der Waals surface area contributed by atoms with E-state index in [1.165, 1.54) is 24.3 Å². The van der Waals surface area contributed by atoms with Crippen molar-refractivity contribution in [2.45, 2.75) is 13.5 Å². The molecule has 0 fully saturated rings. The fourth-order valence-corrected chi connectivity index (χ4v) is 1.92. The first-order chi connectivity index (χ1) is 11.1. The van der Waals surface area contributed by atoms with Crippen LogP contribution in [0.15, 0.2) is 46.9 Å². The van der Waals surface area contributed by atoms with Gasteiger partial charge in [-0.05, 0) is 43.3 Å². The molecule has 2 heterocycles. The van der Waals surface area contributed by atoms with Gasteiger partial charge in [-0.15, -0.1) is 0 Å². The maximum atomic E-state index is 12.8. The number of anilines is 1. The van der Waals surface area contributed by atoms with Crippen LogP contribution in [0.1, 0.15) is 22.0 Å². The Kier molecular flexibility index (Phi) is 4.09. The molecule has 0 atom stereocenters. The van der Waals surface area contributed by atoms with Crippen LogP contribution in [0.2, 0.25) is 0 Å². The van der Waals surface area contributed by atoms with Crippen LogP contribution in [0.5, 0.6) is 5.75 Å². The van der Waals surface area contributed by atoms with Gasteiger partial charge < -0.3 is 14.5 Å². The van der Waals surface area contributed by atoms with Crippen LogP contribution in [0.25, 0.3) is 0 Å². The molecular formula is C16H14FN3O3. The molecule has 2 aromatic heterocycles. The van der Waals surface area contributed by atoms with Crippen LogP contribution in [-0.2, 0) is 6.61 Å². The summed E-state index contributed by atoms with van der Waals surface area (Å²) in [7, 11) is 0. The number of carbonyl (C=O) groups excluding carboxylic acids is 1. The van der Waals surface area contributed by atoms with Crippen LogP contribution < -0.4 is 10.1 Å². The van der Waals surface area contributed by atoms with Crippen molar-refractivity contribution in [3.05, 3.63) is 65.5 Å². The minimum atomic E-state index is -0.399. The average molecular weight is 315 g/mol. The monoisotopic (exact) mass is 315 g/mol. The number of aryl methyl sites for hydroxylation is 1. The molecule has 23 heavy (non-hydrogen) atoms. The molecule has 118 valence electrons. The van der Waals surface area contributed by atoms with Gasteiger partial charge in [0, 0.05) is 11.8 Å². The second-order valence-corrected chi connectivity index (χ2v) is 4.90. The second kappa shape index (κ2) is 6.35. The minimum absolute atomic E-state index is 0.139. The van der Waals surface area contributed by atoms with E-state index in [2.05, 4.69) is 15.5 Å². The lowest BCUT2D eigenvalue weighted by atomic mass is 10.3. The zero-order valence-electron chi connectivity index (χ0n) is 12.3. The van der Waals surface area contributed by atoms with E-state index in [1.807, 2.05) is 6.92 Å². The summed E-state index contributed by atoms with van der Waals surface area (Å²) in [4.78, 5) is 12.0. The quantitative estimate of drug-likeness (QED) is 0.757. The van der Waals surface area contributed by atoms with Crippen molar-refractivity contribution in [3.63, 3.8) is 0 Å². The molecule has 0 saturated carbocycles. The molecule has 3 rings (SSSR count). The van der Waals surface area contributed by atoms with E-state index >= 15 is 0 Å². The van der Waals surface area contributed by atoms with Crippen LogP contribution >= 0.6 is 0 Å². The number of nitrogens with one attached hydrogen (secondary N) is 2. The summed E-state index contributed by atoms with van der Waals surface area (Å²) in [6.45, 7) is 1.97. The third-order valence-electron chi connectivity index (χ3n) is 3.03. The third-order valence-corrected chi connectivity index (χ3v) is 3.03. The second-order valence-electron chi connectivity index (χ2n) is 4.90. The molecular weight excluding hydrogens is 301 g/mol. The Morgan fingerprint density at radius 1 is 1.30 bits per heavy atom. The molecule has 0 bridgehead atoms. The molecule has 0 aliphatic carbocycles. The van der Waals surface area contributed by atoms with Crippen molar-refractivity contribution in [1.82, 2.24) is 10.2 Å². The molecule has 0 aliphatic heterocycles. The standard InChI is InChI=1S/C16H14FN3O3/c1-10-8-15(20-19-10)18-16(21)14-7-6-13(23-14)9-22-12-4-2-11(17)3-5-12/h2-8H,9H2,1H3,(H2,18,19,20,21). The first kappa shape index (κ1) is 14.8. The van der Waals surface area contributed by atoms with E-state index < -0.39 is 5.91 Å². The number of aromatic amines is 1. The summed E-state index contributed by atoms with van der Waals surface area (Å²) in [5.41, 5.74) is 0.841. The maximum absolute atomic E-state index is 12.8. The lowest BCUT2D eigenvalue weighted by Gasteiger charge is -2.03. The zero-order chi connectivity index (χ0) is 16.2. The van der Waals surface area contributed by atoms with Gasteiger partial charge in [-0.1, -0.05) is 0 Å². The highest BCUT2D eigenvalue weighted by molar-refractivity contribution is 6.01. The third kappa shape index (κ3) is 3.76. The molecule has 1 amide bonds. The van der Waals surface area contributed by atoms with Crippen molar-refractivity contribution >= 4 is 11.7 Å². The topological polar surface area (TPSA) is 80.2 Å². The van der Waals surface area contributed by atoms with Crippen LogP contribution in [0.4, 0.5) is 10.2 Å². The summed E-state index contributed by atoms with van der Waals surface area (Å²) in [6, 6.07) is 10.6. The number of furan rings is 1. The number of halogens is 1. The number of hydrogen-bond acceptors (Lipinski definition) is 4. The van der Waals surface area contributed by atoms with Crippen LogP contribution in [0.3, 0.4) is 0 Å². The molecule has 3 aromatic rings. The van der Waals surface area contributed by atoms with Crippen molar-refractivity contribution in [2.75, 3.05) is 5.32 Å². The number of hydrogen-bond donors (Lipinski definition) is 2. The fourth-order valence-electron chi connectivity index (χ4n) is 1.92. The first-order valence-electron chi connectivity index (χ1n) is 6.90. The number of nitrogens with zero attached hydrogens (tertiary/aromatic N) is 1. The smallest absolute Gasteiger partial charge is 0.292 e. The Balaban J connectivity index is 1.59. The first-order valence-corrected chi connectivity index (χ1v) is 6.90. The fraction of sp³-hybridized carbons (Fsp3) is 0.125. The van der Waals surface area contributed by atoms with Gasteiger partial charge in [-0.2, -0.15) is 5.10 Å². The van der Waals surface area contributed by atoms with Crippen molar-refractivity contribution in [1.29, 1.82) is 0 Å². The van der Waals surface area contributed by atoms with E-state index in [0.29, 0.717) is 17.3 Å². The molecule has 0 saturated heterocycles. The van der Waals surface area contributed by atoms with E-state index in [-0.39, 0.29) is 18.2 Å². The maximum Gasteiger partial charge on any atom is 0.292 e. The van der Waals surface area contributed by atoms with Gasteiger partial charge in [0.1, 0.15) is 23.9 Å². The summed E-state index contributed by atoms with van der Waals surface area (Å²) in [5.74, 6) is 0.849. The Morgan fingerprint density at radius 3 is 2.78 bits per heavy atom. The Morgan fingerprint density at radius 2 is 2.09 bits per heavy atom. The normalized spacial score (nSPS) is 10.5. The lowest BCUT2D eigenvalue weighted by molar-refractivity contribution is 0.0992. The number of carbonyl (C=O) groups is 1. The summed E-state index contributed by atoms with van der Waals surface area (Å²) < 4.78 is 23.7. The van der Waals surface area contributed by atoms with Gasteiger partial charge in [0.05, 0.1) is 0 Å².